The fraction of sp³-hybridized carbons (Fsp3) is 0.667. The Morgan fingerprint density at radius 2 is 1.88 bits per heavy atom. The van der Waals surface area contributed by atoms with Crippen LogP contribution >= 0.6 is 0 Å². The van der Waals surface area contributed by atoms with E-state index in [2.05, 4.69) is 39.3 Å². The van der Waals surface area contributed by atoms with Crippen molar-refractivity contribution in [2.45, 2.75) is 20.3 Å². The maximum atomic E-state index is 4.17. The monoisotopic (exact) mass is 237 g/mol. The quantitative estimate of drug-likeness (QED) is 0.674. The van der Waals surface area contributed by atoms with Gasteiger partial charge in [-0.1, -0.05) is 13.8 Å². The summed E-state index contributed by atoms with van der Waals surface area (Å²) in [6.45, 7) is 8.70. The van der Waals surface area contributed by atoms with Crippen LogP contribution in [0.2, 0.25) is 0 Å². The molecule has 0 aliphatic rings. The highest BCUT2D eigenvalue weighted by Gasteiger charge is 1.99. The third kappa shape index (κ3) is 4.99. The molecule has 0 saturated heterocycles. The van der Waals surface area contributed by atoms with E-state index in [1.165, 1.54) is 0 Å². The Kier molecular flexibility index (Phi) is 6.32. The predicted octanol–water partition coefficient (Wildman–Crippen LogP) is 1.66. The van der Waals surface area contributed by atoms with Crippen molar-refractivity contribution in [2.75, 3.05) is 43.9 Å². The summed E-state index contributed by atoms with van der Waals surface area (Å²) < 4.78 is 0. The summed E-state index contributed by atoms with van der Waals surface area (Å²) in [5.74, 6) is 1.72. The van der Waals surface area contributed by atoms with Crippen molar-refractivity contribution >= 4 is 11.6 Å². The minimum atomic E-state index is 0.839. The number of rotatable bonds is 8. The molecule has 1 rings (SSSR count). The lowest BCUT2D eigenvalue weighted by Crippen LogP contribution is -2.25. The molecule has 2 N–H and O–H groups in total. The van der Waals surface area contributed by atoms with E-state index in [9.17, 15) is 0 Å². The standard InChI is InChI=1S/C12H23N5/c1-4-17(5-2)8-6-7-14-12-9-11(13-3)15-10-16-12/h9-10H,4-8H2,1-3H3,(H2,13,14,15,16). The zero-order chi connectivity index (χ0) is 12.5. The van der Waals surface area contributed by atoms with E-state index in [4.69, 9.17) is 0 Å². The number of nitrogens with one attached hydrogen (secondary N) is 2. The van der Waals surface area contributed by atoms with E-state index in [0.717, 1.165) is 44.2 Å². The second kappa shape index (κ2) is 7.84. The first-order valence-electron chi connectivity index (χ1n) is 6.26. The second-order valence-electron chi connectivity index (χ2n) is 3.85. The van der Waals surface area contributed by atoms with Gasteiger partial charge in [0, 0.05) is 19.7 Å². The molecule has 0 aromatic carbocycles. The van der Waals surface area contributed by atoms with Crippen LogP contribution in [-0.2, 0) is 0 Å². The van der Waals surface area contributed by atoms with Crippen LogP contribution in [-0.4, -0.2) is 48.1 Å². The molecule has 1 aromatic rings. The lowest BCUT2D eigenvalue weighted by Gasteiger charge is -2.17. The van der Waals surface area contributed by atoms with E-state index in [1.807, 2.05) is 13.1 Å². The molecule has 0 aliphatic carbocycles. The topological polar surface area (TPSA) is 53.1 Å². The Hall–Kier alpha value is -1.36. The first-order chi connectivity index (χ1) is 8.30. The largest absolute Gasteiger partial charge is 0.373 e. The summed E-state index contributed by atoms with van der Waals surface area (Å²) in [7, 11) is 1.85. The Bertz CT molecular complexity index is 312. The van der Waals surface area contributed by atoms with Gasteiger partial charge in [-0.2, -0.15) is 0 Å². The van der Waals surface area contributed by atoms with Gasteiger partial charge in [0.05, 0.1) is 0 Å². The van der Waals surface area contributed by atoms with Crippen LogP contribution in [0.15, 0.2) is 12.4 Å². The van der Waals surface area contributed by atoms with Gasteiger partial charge in [0.1, 0.15) is 18.0 Å². The fourth-order valence-electron chi connectivity index (χ4n) is 1.65. The van der Waals surface area contributed by atoms with E-state index in [1.54, 1.807) is 6.33 Å². The van der Waals surface area contributed by atoms with Crippen molar-refractivity contribution in [3.05, 3.63) is 12.4 Å². The van der Waals surface area contributed by atoms with Crippen LogP contribution < -0.4 is 10.6 Å². The molecule has 0 fully saturated rings. The molecular weight excluding hydrogens is 214 g/mol. The molecule has 17 heavy (non-hydrogen) atoms. The first kappa shape index (κ1) is 13.7. The van der Waals surface area contributed by atoms with Gasteiger partial charge < -0.3 is 15.5 Å². The smallest absolute Gasteiger partial charge is 0.131 e. The highest BCUT2D eigenvalue weighted by atomic mass is 15.1. The minimum absolute atomic E-state index is 0.839. The molecule has 96 valence electrons. The molecule has 0 aliphatic heterocycles. The maximum absolute atomic E-state index is 4.17. The van der Waals surface area contributed by atoms with E-state index >= 15 is 0 Å². The third-order valence-electron chi connectivity index (χ3n) is 2.77. The lowest BCUT2D eigenvalue weighted by atomic mass is 10.3. The van der Waals surface area contributed by atoms with Crippen LogP contribution in [0.25, 0.3) is 0 Å². The zero-order valence-electron chi connectivity index (χ0n) is 11.0. The minimum Gasteiger partial charge on any atom is -0.373 e. The van der Waals surface area contributed by atoms with Crippen LogP contribution in [0.5, 0.6) is 0 Å². The number of anilines is 2. The lowest BCUT2D eigenvalue weighted by molar-refractivity contribution is 0.303. The molecule has 0 bridgehead atoms. The fourth-order valence-corrected chi connectivity index (χ4v) is 1.65. The van der Waals surface area contributed by atoms with Gasteiger partial charge in [0.2, 0.25) is 0 Å². The van der Waals surface area contributed by atoms with Crippen molar-refractivity contribution < 1.29 is 0 Å². The normalized spacial score (nSPS) is 10.6. The molecule has 5 heteroatoms. The van der Waals surface area contributed by atoms with Gasteiger partial charge in [-0.25, -0.2) is 9.97 Å². The predicted molar refractivity (Wildman–Crippen MR) is 72.5 cm³/mol. The van der Waals surface area contributed by atoms with E-state index < -0.39 is 0 Å². The molecule has 1 aromatic heterocycles. The van der Waals surface area contributed by atoms with Gasteiger partial charge in [0.25, 0.3) is 0 Å². The summed E-state index contributed by atoms with van der Waals surface area (Å²) in [6.07, 6.45) is 2.69. The average molecular weight is 237 g/mol. The Labute approximate surface area is 104 Å². The summed E-state index contributed by atoms with van der Waals surface area (Å²) in [5.41, 5.74) is 0. The molecule has 0 atom stereocenters. The van der Waals surface area contributed by atoms with Crippen LogP contribution in [0.1, 0.15) is 20.3 Å². The molecule has 0 saturated carbocycles. The molecule has 1 heterocycles. The van der Waals surface area contributed by atoms with Gasteiger partial charge in [-0.15, -0.1) is 0 Å². The maximum Gasteiger partial charge on any atom is 0.131 e. The SMILES string of the molecule is CCN(CC)CCCNc1cc(NC)ncn1. The van der Waals surface area contributed by atoms with Gasteiger partial charge in [0.15, 0.2) is 0 Å². The first-order valence-corrected chi connectivity index (χ1v) is 6.26. The number of aromatic nitrogens is 2. The van der Waals surface area contributed by atoms with Gasteiger partial charge in [-0.3, -0.25) is 0 Å². The van der Waals surface area contributed by atoms with Crippen LogP contribution in [0.4, 0.5) is 11.6 Å². The van der Waals surface area contributed by atoms with Crippen molar-refractivity contribution in [1.29, 1.82) is 0 Å². The number of hydrogen-bond acceptors (Lipinski definition) is 5. The summed E-state index contributed by atoms with van der Waals surface area (Å²) in [6, 6.07) is 1.91. The number of nitrogens with zero attached hydrogens (tertiary/aromatic N) is 3. The van der Waals surface area contributed by atoms with Crippen LogP contribution in [0, 0.1) is 0 Å². The van der Waals surface area contributed by atoms with E-state index in [0.29, 0.717) is 0 Å². The third-order valence-corrected chi connectivity index (χ3v) is 2.77. The molecular formula is C12H23N5. The van der Waals surface area contributed by atoms with Crippen molar-refractivity contribution in [3.8, 4) is 0 Å². The Morgan fingerprint density at radius 1 is 1.18 bits per heavy atom. The second-order valence-corrected chi connectivity index (χ2v) is 3.85. The summed E-state index contributed by atoms with van der Waals surface area (Å²) in [4.78, 5) is 10.7. The molecule has 0 amide bonds. The molecule has 0 unspecified atom stereocenters. The Balaban J connectivity index is 2.26. The average Bonchev–Trinajstić information content (AvgIpc) is 2.39. The van der Waals surface area contributed by atoms with Gasteiger partial charge in [-0.05, 0) is 26.1 Å². The molecule has 0 radical (unpaired) electrons. The Morgan fingerprint density at radius 3 is 2.53 bits per heavy atom. The summed E-state index contributed by atoms with van der Waals surface area (Å²) >= 11 is 0. The summed E-state index contributed by atoms with van der Waals surface area (Å²) in [5, 5.41) is 6.30. The van der Waals surface area contributed by atoms with Crippen molar-refractivity contribution in [1.82, 2.24) is 14.9 Å². The van der Waals surface area contributed by atoms with E-state index in [-0.39, 0.29) is 0 Å². The molecule has 0 spiro atoms. The zero-order valence-corrected chi connectivity index (χ0v) is 11.0. The van der Waals surface area contributed by atoms with Crippen molar-refractivity contribution in [2.24, 2.45) is 0 Å². The highest BCUT2D eigenvalue weighted by molar-refractivity contribution is 5.45. The highest BCUT2D eigenvalue weighted by Crippen LogP contribution is 2.07. The number of hydrogen-bond donors (Lipinski definition) is 2. The molecule has 5 nitrogen and oxygen atoms in total. The van der Waals surface area contributed by atoms with Gasteiger partial charge >= 0.3 is 0 Å². The van der Waals surface area contributed by atoms with Crippen molar-refractivity contribution in [3.63, 3.8) is 0 Å². The van der Waals surface area contributed by atoms with Crippen LogP contribution in [0.3, 0.4) is 0 Å².